The average molecular weight is 1090 g/mol. The molecule has 53 heavy (non-hydrogen) atoms. The number of aliphatic hydroxyl groups is 1. The molecule has 0 amide bonds. The molecule has 0 aliphatic heterocycles. The molecule has 2 unspecified atom stereocenters. The van der Waals surface area contributed by atoms with E-state index < -0.39 is 6.10 Å². The zero-order valence-corrected chi connectivity index (χ0v) is 45.4. The third-order valence-electron chi connectivity index (χ3n) is 6.59. The molecule has 14 heteroatoms. The first-order chi connectivity index (χ1) is 22.9. The van der Waals surface area contributed by atoms with Gasteiger partial charge in [-0.25, -0.2) is 0 Å². The number of carbonyl (C=O) groups excluding carboxylic acids is 1. The molecule has 0 aromatic heterocycles. The predicted molar refractivity (Wildman–Crippen MR) is 199 cm³/mol. The molecule has 0 aliphatic carbocycles. The van der Waals surface area contributed by atoms with Crippen molar-refractivity contribution in [3.8, 4) is 0 Å². The number of aliphatic hydroxyl groups excluding tert-OH is 1. The van der Waals surface area contributed by atoms with Crippen LogP contribution >= 0.6 is 0 Å². The summed E-state index contributed by atoms with van der Waals surface area (Å²) in [7, 11) is 3.81. The minimum atomic E-state index is -0.502. The Bertz CT molecular complexity index is 1640. The maximum atomic E-state index is 10.8. The maximum Gasteiger partial charge on any atom is 0.107 e. The molecule has 271 valence electrons. The van der Waals surface area contributed by atoms with E-state index in [2.05, 4.69) is 47.9 Å². The van der Waals surface area contributed by atoms with Gasteiger partial charge in [0.2, 0.25) is 0 Å². The second-order valence-corrected chi connectivity index (χ2v) is 10.4. The van der Waals surface area contributed by atoms with Crippen LogP contribution in [0, 0.1) is 30.3 Å². The van der Waals surface area contributed by atoms with Gasteiger partial charge in [-0.2, -0.15) is 91.0 Å². The molecule has 5 radical (unpaired) electrons. The van der Waals surface area contributed by atoms with E-state index in [-0.39, 0.29) is 169 Å². The Balaban J connectivity index is -0.000000178. The normalized spacial score (nSPS) is 9.85. The first-order valence-corrected chi connectivity index (χ1v) is 15.2. The van der Waals surface area contributed by atoms with E-state index in [4.69, 9.17) is 33.8 Å². The molecule has 0 heterocycles. The van der Waals surface area contributed by atoms with Gasteiger partial charge in [-0.1, -0.05) is 40.9 Å². The summed E-state index contributed by atoms with van der Waals surface area (Å²) in [5, 5.41) is 15.3. The van der Waals surface area contributed by atoms with Gasteiger partial charge in [0.15, 0.2) is 0 Å². The largest absolute Gasteiger partial charge is 0.419 e. The van der Waals surface area contributed by atoms with Gasteiger partial charge in [-0.15, -0.1) is 53.1 Å². The van der Waals surface area contributed by atoms with Crippen LogP contribution in [0.2, 0.25) is 0 Å². The Morgan fingerprint density at radius 1 is 0.623 bits per heavy atom. The van der Waals surface area contributed by atoms with Crippen molar-refractivity contribution in [3.05, 3.63) is 150 Å². The molecular weight excluding hydrogens is 1040 g/mol. The van der Waals surface area contributed by atoms with E-state index in [1.54, 1.807) is 67.6 Å². The number of hydrogen-bond donors (Lipinski definition) is 8. The van der Waals surface area contributed by atoms with E-state index in [1.165, 1.54) is 6.92 Å². The number of ketones is 1. The van der Waals surface area contributed by atoms with Crippen molar-refractivity contribution in [1.82, 2.24) is 10.6 Å². The minimum Gasteiger partial charge on any atom is -0.419 e. The van der Waals surface area contributed by atoms with Gasteiger partial charge in [0.05, 0.1) is 0 Å². The maximum absolute atomic E-state index is 10.8. The fourth-order valence-corrected chi connectivity index (χ4v) is 3.77. The molecule has 0 spiro atoms. The van der Waals surface area contributed by atoms with Crippen molar-refractivity contribution in [2.45, 2.75) is 39.5 Å². The molecule has 0 bridgehead atoms. The van der Waals surface area contributed by atoms with Crippen LogP contribution in [0.4, 0.5) is 28.4 Å². The van der Waals surface area contributed by atoms with Gasteiger partial charge in [-0.05, 0) is 40.5 Å². The van der Waals surface area contributed by atoms with Crippen LogP contribution in [-0.2, 0) is 170 Å². The van der Waals surface area contributed by atoms with Crippen LogP contribution in [0.15, 0.2) is 97.1 Å². The molecule has 0 aliphatic rings. The molecule has 9 nitrogen and oxygen atoms in total. The van der Waals surface area contributed by atoms with Crippen LogP contribution in [0.25, 0.3) is 0 Å². The summed E-state index contributed by atoms with van der Waals surface area (Å²) in [4.78, 5) is 10.8. The summed E-state index contributed by atoms with van der Waals surface area (Å²) in [6, 6.07) is 43.2. The fourth-order valence-electron chi connectivity index (χ4n) is 3.77. The summed E-state index contributed by atoms with van der Waals surface area (Å²) in [5.41, 5.74) is 34.8. The van der Waals surface area contributed by atoms with Gasteiger partial charge >= 0.3 is 0 Å². The van der Waals surface area contributed by atoms with E-state index in [1.807, 2.05) is 50.5 Å². The van der Waals surface area contributed by atoms with Gasteiger partial charge in [0, 0.05) is 170 Å². The van der Waals surface area contributed by atoms with Gasteiger partial charge < -0.3 is 49.2 Å². The minimum absolute atomic E-state index is 0. The average Bonchev–Trinajstić information content (AvgIpc) is 3.07. The van der Waals surface area contributed by atoms with E-state index in [9.17, 15) is 4.79 Å². The number of benzene rings is 5. The summed E-state index contributed by atoms with van der Waals surface area (Å²) < 4.78 is 0. The van der Waals surface area contributed by atoms with Gasteiger partial charge in [-0.3, -0.25) is 0 Å². The molecule has 2 atom stereocenters. The van der Waals surface area contributed by atoms with Crippen molar-refractivity contribution < 1.29 is 173 Å². The number of anilines is 5. The van der Waals surface area contributed by atoms with Crippen molar-refractivity contribution in [2.24, 2.45) is 0 Å². The topological polar surface area (TPSA) is 191 Å². The summed E-state index contributed by atoms with van der Waals surface area (Å²) >= 11 is 0. The van der Waals surface area contributed by atoms with Crippen LogP contribution in [0.5, 0.6) is 0 Å². The molecule has 13 N–H and O–H groups in total. The zero-order chi connectivity index (χ0) is 35.9. The van der Waals surface area contributed by atoms with E-state index in [0.717, 1.165) is 40.3 Å². The molecule has 5 aromatic rings. The number of nitrogen functional groups attached to an aromatic ring is 5. The third-order valence-corrected chi connectivity index (χ3v) is 6.59. The van der Waals surface area contributed by atoms with E-state index in [0.29, 0.717) is 23.0 Å². The summed E-state index contributed by atoms with van der Waals surface area (Å²) in [5.74, 6) is -0.0191. The Hall–Kier alpha value is 0.169. The molecule has 0 saturated carbocycles. The Morgan fingerprint density at radius 2 is 1.04 bits per heavy atom. The molecule has 0 fully saturated rings. The first kappa shape index (κ1) is 62.4. The van der Waals surface area contributed by atoms with E-state index >= 15 is 0 Å². The number of rotatable bonds is 6. The third kappa shape index (κ3) is 27.4. The van der Waals surface area contributed by atoms with Crippen molar-refractivity contribution in [2.75, 3.05) is 42.8 Å². The number of Topliss-reactive ketones (excluding diaryl/α,β-unsaturated/α-hetero) is 1. The monoisotopic (exact) mass is 1090 g/mol. The molecule has 5 aromatic carbocycles. The Labute approximate surface area is 443 Å². The van der Waals surface area contributed by atoms with Crippen molar-refractivity contribution in [3.63, 3.8) is 0 Å². The van der Waals surface area contributed by atoms with Gasteiger partial charge in [0.1, 0.15) is 5.78 Å². The van der Waals surface area contributed by atoms with Gasteiger partial charge in [0.25, 0.3) is 0 Å². The second-order valence-electron chi connectivity index (χ2n) is 10.4. The quantitative estimate of drug-likeness (QED) is 0.0609. The van der Waals surface area contributed by atoms with Crippen LogP contribution in [0.1, 0.15) is 60.0 Å². The number of hydrogen-bond acceptors (Lipinski definition) is 9. The summed E-state index contributed by atoms with van der Waals surface area (Å²) in [6.45, 7) is 6.04. The van der Waals surface area contributed by atoms with Crippen LogP contribution in [-0.4, -0.2) is 25.0 Å². The Kier molecular flexibility index (Phi) is 44.4. The molecule has 0 saturated heterocycles. The molecule has 5 rings (SSSR count). The van der Waals surface area contributed by atoms with Crippen LogP contribution in [0.3, 0.4) is 0 Å². The van der Waals surface area contributed by atoms with Crippen molar-refractivity contribution in [1.29, 1.82) is 0 Å². The summed E-state index contributed by atoms with van der Waals surface area (Å²) in [6.07, 6.45) is -0.502. The number of carbonyl (C=O) groups is 1. The predicted octanol–water partition coefficient (Wildman–Crippen LogP) is 5.59. The number of nitrogens with two attached hydrogens (primary N) is 5. The standard InChI is InChI=1S/C9H13N2.C8H11N2.C8H10NO.C8H8NO.C6H6N.5Y/c1-7(11-2)8-5-3-4-6-9(8)10;1-10-6-7-4-2-3-5-8(7)9;2*1-6(10)7-4-2-3-5-8(7)9;7-6-4-2-1-3-5-6;;;;;/h4-7,11H,10H2,1-2H3;3-5,10H,6,9H2,1H3;3-6,10H,9H2,1H3;3-5H,9H2,1H3;2-5H,7H2;;;;;/q5*-1;;;;;. The first-order valence-electron chi connectivity index (χ1n) is 15.2. The zero-order valence-electron chi connectivity index (χ0n) is 31.2. The fraction of sp³-hybridized carbons (Fsp3) is 0.205. The Morgan fingerprint density at radius 3 is 1.36 bits per heavy atom. The molecular formula is C39H48N7O2Y5-5. The SMILES string of the molecule is CC(=O)c1c[c-]ccc1N.CC(O)c1c[c-]ccc1N.CNC(C)c1c[c-]ccc1N.CNCc1c[c-]ccc1N.Nc1cc[c-]cc1.[Y].[Y].[Y].[Y].[Y]. The second kappa shape index (κ2) is 37.7. The smallest absolute Gasteiger partial charge is 0.107 e. The van der Waals surface area contributed by atoms with Crippen LogP contribution < -0.4 is 39.3 Å². The van der Waals surface area contributed by atoms with Crippen molar-refractivity contribution >= 4 is 34.2 Å². The number of nitrogens with one attached hydrogen (secondary N) is 2.